The first-order valence-corrected chi connectivity index (χ1v) is 5.23. The molecule has 4 heteroatoms. The molecule has 0 spiro atoms. The molecule has 17 heavy (non-hydrogen) atoms. The van der Waals surface area contributed by atoms with Gasteiger partial charge >= 0.3 is 0 Å². The molecule has 3 aromatic rings. The molecule has 0 N–H and O–H groups in total. The summed E-state index contributed by atoms with van der Waals surface area (Å²) < 4.78 is 1.68. The lowest BCUT2D eigenvalue weighted by Gasteiger charge is -1.98. The highest BCUT2D eigenvalue weighted by molar-refractivity contribution is 6.12. The number of fused-ring (bicyclic) bond motifs is 1. The van der Waals surface area contributed by atoms with E-state index in [9.17, 15) is 4.79 Å². The van der Waals surface area contributed by atoms with Crippen LogP contribution in [0.2, 0.25) is 0 Å². The van der Waals surface area contributed by atoms with Gasteiger partial charge in [-0.3, -0.25) is 9.78 Å². The first-order valence-electron chi connectivity index (χ1n) is 5.23. The number of ketones is 1. The molecule has 0 radical (unpaired) electrons. The minimum absolute atomic E-state index is 0.0562. The van der Waals surface area contributed by atoms with Crippen LogP contribution in [-0.4, -0.2) is 20.4 Å². The second-order valence-electron chi connectivity index (χ2n) is 3.66. The average Bonchev–Trinajstić information content (AvgIpc) is 2.83. The third kappa shape index (κ3) is 1.59. The lowest BCUT2D eigenvalue weighted by Crippen LogP contribution is -2.00. The van der Waals surface area contributed by atoms with Crippen molar-refractivity contribution in [2.45, 2.75) is 0 Å². The van der Waals surface area contributed by atoms with Crippen molar-refractivity contribution in [1.29, 1.82) is 0 Å². The SMILES string of the molecule is O=C(c1cccnc1)c1cnn2ccccc12. The van der Waals surface area contributed by atoms with Crippen molar-refractivity contribution in [2.24, 2.45) is 0 Å². The van der Waals surface area contributed by atoms with E-state index in [0.29, 0.717) is 11.1 Å². The summed E-state index contributed by atoms with van der Waals surface area (Å²) in [6.07, 6.45) is 6.61. The van der Waals surface area contributed by atoms with E-state index >= 15 is 0 Å². The fourth-order valence-electron chi connectivity index (χ4n) is 1.76. The molecule has 0 bridgehead atoms. The highest BCUT2D eigenvalue weighted by Crippen LogP contribution is 2.14. The molecule has 3 heterocycles. The maximum Gasteiger partial charge on any atom is 0.198 e. The van der Waals surface area contributed by atoms with Crippen LogP contribution in [0.3, 0.4) is 0 Å². The molecule has 0 saturated heterocycles. The van der Waals surface area contributed by atoms with E-state index in [1.807, 2.05) is 24.4 Å². The Labute approximate surface area is 97.5 Å². The summed E-state index contributed by atoms with van der Waals surface area (Å²) in [6.45, 7) is 0. The van der Waals surface area contributed by atoms with Crippen molar-refractivity contribution in [3.63, 3.8) is 0 Å². The molecule has 0 atom stereocenters. The second-order valence-corrected chi connectivity index (χ2v) is 3.66. The van der Waals surface area contributed by atoms with Gasteiger partial charge in [-0.2, -0.15) is 5.10 Å². The van der Waals surface area contributed by atoms with Gasteiger partial charge in [-0.05, 0) is 24.3 Å². The van der Waals surface area contributed by atoms with Gasteiger partial charge in [0, 0.05) is 24.2 Å². The minimum atomic E-state index is -0.0562. The second kappa shape index (κ2) is 3.83. The van der Waals surface area contributed by atoms with E-state index in [1.54, 1.807) is 35.2 Å². The Morgan fingerprint density at radius 1 is 1.12 bits per heavy atom. The van der Waals surface area contributed by atoms with Gasteiger partial charge in [0.25, 0.3) is 0 Å². The van der Waals surface area contributed by atoms with Crippen LogP contribution < -0.4 is 0 Å². The summed E-state index contributed by atoms with van der Waals surface area (Å²) in [5.74, 6) is -0.0562. The number of rotatable bonds is 2. The number of hydrogen-bond donors (Lipinski definition) is 0. The lowest BCUT2D eigenvalue weighted by molar-refractivity contribution is 0.104. The number of carbonyl (C=O) groups excluding carboxylic acids is 1. The van der Waals surface area contributed by atoms with Crippen molar-refractivity contribution >= 4 is 11.3 Å². The van der Waals surface area contributed by atoms with Crippen molar-refractivity contribution < 1.29 is 4.79 Å². The largest absolute Gasteiger partial charge is 0.288 e. The fourth-order valence-corrected chi connectivity index (χ4v) is 1.76. The van der Waals surface area contributed by atoms with Gasteiger partial charge in [0.15, 0.2) is 5.78 Å². The quantitative estimate of drug-likeness (QED) is 0.624. The van der Waals surface area contributed by atoms with Gasteiger partial charge in [-0.1, -0.05) is 6.07 Å². The van der Waals surface area contributed by atoms with E-state index < -0.39 is 0 Å². The van der Waals surface area contributed by atoms with Crippen molar-refractivity contribution in [3.05, 3.63) is 66.2 Å². The predicted molar refractivity (Wildman–Crippen MR) is 62.9 cm³/mol. The zero-order chi connectivity index (χ0) is 11.7. The van der Waals surface area contributed by atoms with Crippen molar-refractivity contribution in [3.8, 4) is 0 Å². The third-order valence-corrected chi connectivity index (χ3v) is 2.59. The highest BCUT2D eigenvalue weighted by Gasteiger charge is 2.14. The van der Waals surface area contributed by atoms with Crippen LogP contribution in [0, 0.1) is 0 Å². The maximum absolute atomic E-state index is 12.2. The van der Waals surface area contributed by atoms with E-state index in [1.165, 1.54) is 0 Å². The summed E-state index contributed by atoms with van der Waals surface area (Å²) in [5.41, 5.74) is 1.98. The molecule has 0 aliphatic carbocycles. The van der Waals surface area contributed by atoms with Crippen LogP contribution >= 0.6 is 0 Å². The molecule has 3 rings (SSSR count). The smallest absolute Gasteiger partial charge is 0.198 e. The normalized spacial score (nSPS) is 10.6. The molecular formula is C13H9N3O. The van der Waals surface area contributed by atoms with Gasteiger partial charge in [0.2, 0.25) is 0 Å². The molecule has 0 aliphatic heterocycles. The molecule has 0 fully saturated rings. The van der Waals surface area contributed by atoms with E-state index in [0.717, 1.165) is 5.52 Å². The number of hydrogen-bond acceptors (Lipinski definition) is 3. The van der Waals surface area contributed by atoms with Crippen LogP contribution in [0.15, 0.2) is 55.1 Å². The van der Waals surface area contributed by atoms with Crippen LogP contribution in [-0.2, 0) is 0 Å². The molecule has 82 valence electrons. The summed E-state index contributed by atoms with van der Waals surface area (Å²) in [5, 5.41) is 4.14. The Morgan fingerprint density at radius 2 is 2.06 bits per heavy atom. The Morgan fingerprint density at radius 3 is 2.88 bits per heavy atom. The Balaban J connectivity index is 2.14. The topological polar surface area (TPSA) is 47.3 Å². The average molecular weight is 223 g/mol. The van der Waals surface area contributed by atoms with Crippen LogP contribution in [0.1, 0.15) is 15.9 Å². The monoisotopic (exact) mass is 223 g/mol. The highest BCUT2D eigenvalue weighted by atomic mass is 16.1. The Bertz CT molecular complexity index is 673. The maximum atomic E-state index is 12.2. The van der Waals surface area contributed by atoms with Crippen LogP contribution in [0.25, 0.3) is 5.52 Å². The summed E-state index contributed by atoms with van der Waals surface area (Å²) in [6, 6.07) is 9.13. The molecule has 3 aromatic heterocycles. The summed E-state index contributed by atoms with van der Waals surface area (Å²) in [4.78, 5) is 16.2. The number of carbonyl (C=O) groups is 1. The Hall–Kier alpha value is -2.49. The van der Waals surface area contributed by atoms with Crippen molar-refractivity contribution in [2.75, 3.05) is 0 Å². The number of pyridine rings is 2. The zero-order valence-electron chi connectivity index (χ0n) is 8.95. The molecule has 0 amide bonds. The third-order valence-electron chi connectivity index (χ3n) is 2.59. The lowest BCUT2D eigenvalue weighted by atomic mass is 10.1. The van der Waals surface area contributed by atoms with Gasteiger partial charge < -0.3 is 0 Å². The fraction of sp³-hybridized carbons (Fsp3) is 0. The number of aromatic nitrogens is 3. The van der Waals surface area contributed by atoms with Gasteiger partial charge in [0.1, 0.15) is 0 Å². The van der Waals surface area contributed by atoms with Crippen LogP contribution in [0.4, 0.5) is 0 Å². The predicted octanol–water partition coefficient (Wildman–Crippen LogP) is 1.96. The van der Waals surface area contributed by atoms with E-state index in [-0.39, 0.29) is 5.78 Å². The minimum Gasteiger partial charge on any atom is -0.288 e. The number of nitrogens with zero attached hydrogens (tertiary/aromatic N) is 3. The first kappa shape index (κ1) is 9.72. The van der Waals surface area contributed by atoms with Crippen molar-refractivity contribution in [1.82, 2.24) is 14.6 Å². The van der Waals surface area contributed by atoms with Crippen LogP contribution in [0.5, 0.6) is 0 Å². The Kier molecular flexibility index (Phi) is 2.19. The zero-order valence-corrected chi connectivity index (χ0v) is 8.95. The molecule has 0 saturated carbocycles. The summed E-state index contributed by atoms with van der Waals surface area (Å²) >= 11 is 0. The van der Waals surface area contributed by atoms with E-state index in [2.05, 4.69) is 10.1 Å². The molecule has 0 unspecified atom stereocenters. The van der Waals surface area contributed by atoms with Gasteiger partial charge in [-0.25, -0.2) is 4.52 Å². The van der Waals surface area contributed by atoms with Gasteiger partial charge in [-0.15, -0.1) is 0 Å². The molecule has 0 aromatic carbocycles. The molecule has 4 nitrogen and oxygen atoms in total. The first-order chi connectivity index (χ1) is 8.36. The molecule has 0 aliphatic rings. The summed E-state index contributed by atoms with van der Waals surface area (Å²) in [7, 11) is 0. The standard InChI is InChI=1S/C13H9N3O/c17-13(10-4-3-6-14-8-10)11-9-15-16-7-2-1-5-12(11)16/h1-9H. The van der Waals surface area contributed by atoms with E-state index in [4.69, 9.17) is 0 Å². The molecular weight excluding hydrogens is 214 g/mol. The van der Waals surface area contributed by atoms with Gasteiger partial charge in [0.05, 0.1) is 17.3 Å².